The minimum atomic E-state index is -0.737. The Bertz CT molecular complexity index is 1970. The first-order valence-electron chi connectivity index (χ1n) is 17.1. The second-order valence-corrected chi connectivity index (χ2v) is 13.2. The molecule has 2 aliphatic rings. The van der Waals surface area contributed by atoms with Crippen LogP contribution >= 0.6 is 0 Å². The van der Waals surface area contributed by atoms with Gasteiger partial charge in [0.15, 0.2) is 5.76 Å². The van der Waals surface area contributed by atoms with E-state index in [1.165, 1.54) is 6.20 Å². The van der Waals surface area contributed by atoms with E-state index < -0.39 is 47.9 Å². The van der Waals surface area contributed by atoms with E-state index in [4.69, 9.17) is 13.5 Å². The number of benzene rings is 2. The number of carbonyl (C=O) groups excluding carboxylic acids is 4. The molecule has 4 N–H and O–H groups in total. The Labute approximate surface area is 302 Å². The van der Waals surface area contributed by atoms with E-state index in [0.717, 1.165) is 9.80 Å². The SMILES string of the molecule is Cc1cc(CC(=O)N(C(=O)[C@@H]2C[C@@H](O)CN2)c2ccc(-c3cnc(-c4ccc(N(C(=O)Cc5cc(C)no5)C(=O)[C@@H]5C[C@@H](O)CN5)cc4)o3)cc2)on1. The first-order chi connectivity index (χ1) is 25.5. The third-order valence-corrected chi connectivity index (χ3v) is 9.04. The fourth-order valence-corrected chi connectivity index (χ4v) is 6.43. The second-order valence-electron chi connectivity index (χ2n) is 13.2. The molecule has 0 saturated carbocycles. The summed E-state index contributed by atoms with van der Waals surface area (Å²) < 4.78 is 16.5. The number of nitrogens with one attached hydrogen (secondary N) is 2. The molecule has 274 valence electrons. The summed E-state index contributed by atoms with van der Waals surface area (Å²) >= 11 is 0. The van der Waals surface area contributed by atoms with E-state index >= 15 is 0 Å². The average Bonchev–Trinajstić information content (AvgIpc) is 3.99. The maximum Gasteiger partial charge on any atom is 0.250 e. The number of hydrogen-bond donors (Lipinski definition) is 4. The van der Waals surface area contributed by atoms with E-state index in [9.17, 15) is 29.4 Å². The van der Waals surface area contributed by atoms with Gasteiger partial charge in [0.25, 0.3) is 11.8 Å². The minimum absolute atomic E-state index is 0.178. The second kappa shape index (κ2) is 15.0. The van der Waals surface area contributed by atoms with Crippen molar-refractivity contribution in [1.29, 1.82) is 0 Å². The summed E-state index contributed by atoms with van der Waals surface area (Å²) in [6.45, 7) is 3.96. The number of aromatic nitrogens is 3. The third kappa shape index (κ3) is 7.85. The standard InChI is InChI=1S/C37H37N7O9/c1-20-11-28(52-41-20)15-33(47)43(36(49)30-13-26(45)17-38-30)24-7-3-22(4-8-24)32-19-40-35(51-32)23-5-9-25(10-6-23)44(37(50)31-14-27(46)18-39-31)34(48)16-29-12-21(2)42-53-29/h3-12,19,26-27,30-31,38-39,45-46H,13-18H2,1-2H3/t26-,27-,30+,31+/m1/s1. The molecule has 0 spiro atoms. The Hall–Kier alpha value is -5.81. The van der Waals surface area contributed by atoms with Crippen molar-refractivity contribution in [3.63, 3.8) is 0 Å². The highest BCUT2D eigenvalue weighted by Crippen LogP contribution is 2.30. The van der Waals surface area contributed by atoms with Crippen LogP contribution < -0.4 is 20.4 Å². The lowest BCUT2D eigenvalue weighted by Crippen LogP contribution is -2.47. The number of aliphatic hydroxyl groups excluding tert-OH is 2. The van der Waals surface area contributed by atoms with Crippen LogP contribution in [0, 0.1) is 13.8 Å². The normalized spacial score (nSPS) is 19.7. The zero-order chi connectivity index (χ0) is 37.2. The van der Waals surface area contributed by atoms with Crippen molar-refractivity contribution in [2.24, 2.45) is 0 Å². The molecule has 2 fully saturated rings. The van der Waals surface area contributed by atoms with Gasteiger partial charge >= 0.3 is 0 Å². The van der Waals surface area contributed by atoms with Crippen molar-refractivity contribution < 1.29 is 42.9 Å². The monoisotopic (exact) mass is 723 g/mol. The number of β-amino-alcohol motifs (C(OH)–C–C–N with tert-alkyl or cyclic N) is 2. The quantitative estimate of drug-likeness (QED) is 0.163. The van der Waals surface area contributed by atoms with Crippen molar-refractivity contribution in [2.75, 3.05) is 22.9 Å². The first kappa shape index (κ1) is 35.6. The fraction of sp³-hybridized carbons (Fsp3) is 0.324. The molecule has 4 atom stereocenters. The predicted molar refractivity (Wildman–Crippen MR) is 187 cm³/mol. The number of aliphatic hydroxyl groups is 2. The van der Waals surface area contributed by atoms with Crippen LogP contribution in [0.25, 0.3) is 22.8 Å². The van der Waals surface area contributed by atoms with Crippen LogP contribution in [0.2, 0.25) is 0 Å². The van der Waals surface area contributed by atoms with E-state index in [0.29, 0.717) is 51.2 Å². The summed E-state index contributed by atoms with van der Waals surface area (Å²) in [4.78, 5) is 60.6. The number of carbonyl (C=O) groups is 4. The van der Waals surface area contributed by atoms with Gasteiger partial charge in [-0.25, -0.2) is 14.8 Å². The molecule has 0 radical (unpaired) electrons. The van der Waals surface area contributed by atoms with Crippen LogP contribution in [0.5, 0.6) is 0 Å². The van der Waals surface area contributed by atoms with Gasteiger partial charge in [-0.05, 0) is 75.2 Å². The summed E-state index contributed by atoms with van der Waals surface area (Å²) in [5.41, 5.74) is 3.07. The Morgan fingerprint density at radius 2 is 1.17 bits per heavy atom. The summed E-state index contributed by atoms with van der Waals surface area (Å²) in [5, 5.41) is 33.6. The van der Waals surface area contributed by atoms with Crippen LogP contribution in [0.1, 0.15) is 35.7 Å². The van der Waals surface area contributed by atoms with Gasteiger partial charge in [0.2, 0.25) is 17.7 Å². The maximum atomic E-state index is 13.5. The average molecular weight is 724 g/mol. The van der Waals surface area contributed by atoms with Gasteiger partial charge in [-0.1, -0.05) is 10.3 Å². The molecule has 3 aromatic heterocycles. The number of aryl methyl sites for hydroxylation is 2. The number of rotatable bonds is 10. The van der Waals surface area contributed by atoms with Crippen molar-refractivity contribution in [2.45, 2.75) is 63.8 Å². The van der Waals surface area contributed by atoms with Gasteiger partial charge in [0.05, 0.1) is 66.1 Å². The lowest BCUT2D eigenvalue weighted by molar-refractivity contribution is -0.129. The molecular weight excluding hydrogens is 686 g/mol. The molecule has 2 saturated heterocycles. The molecule has 16 nitrogen and oxygen atoms in total. The van der Waals surface area contributed by atoms with E-state index in [1.807, 2.05) is 0 Å². The zero-order valence-corrected chi connectivity index (χ0v) is 28.9. The van der Waals surface area contributed by atoms with Gasteiger partial charge in [-0.3, -0.25) is 19.2 Å². The van der Waals surface area contributed by atoms with Gasteiger partial charge in [0.1, 0.15) is 11.5 Å². The highest BCUT2D eigenvalue weighted by molar-refractivity contribution is 6.18. The Morgan fingerprint density at radius 1 is 0.717 bits per heavy atom. The number of imide groups is 2. The summed E-state index contributed by atoms with van der Waals surface area (Å²) in [5.74, 6) is -0.690. The number of anilines is 2. The van der Waals surface area contributed by atoms with Crippen molar-refractivity contribution in [3.05, 3.63) is 89.8 Å². The number of nitrogens with zero attached hydrogens (tertiary/aromatic N) is 5. The molecule has 0 unspecified atom stereocenters. The molecule has 7 rings (SSSR count). The van der Waals surface area contributed by atoms with Crippen LogP contribution in [0.4, 0.5) is 11.4 Å². The van der Waals surface area contributed by atoms with Crippen LogP contribution in [-0.2, 0) is 32.0 Å². The van der Waals surface area contributed by atoms with Crippen LogP contribution in [0.3, 0.4) is 0 Å². The van der Waals surface area contributed by atoms with E-state index in [-0.39, 0.29) is 44.7 Å². The molecule has 5 heterocycles. The highest BCUT2D eigenvalue weighted by Gasteiger charge is 2.37. The van der Waals surface area contributed by atoms with Crippen molar-refractivity contribution >= 4 is 35.0 Å². The third-order valence-electron chi connectivity index (χ3n) is 9.04. The minimum Gasteiger partial charge on any atom is -0.436 e. The molecule has 0 aliphatic carbocycles. The molecule has 2 aliphatic heterocycles. The zero-order valence-electron chi connectivity index (χ0n) is 28.9. The van der Waals surface area contributed by atoms with E-state index in [2.05, 4.69) is 25.9 Å². The molecular formula is C37H37N7O9. The van der Waals surface area contributed by atoms with Crippen LogP contribution in [-0.4, -0.2) is 86.5 Å². The maximum absolute atomic E-state index is 13.5. The van der Waals surface area contributed by atoms with E-state index in [1.54, 1.807) is 74.5 Å². The largest absolute Gasteiger partial charge is 0.436 e. The van der Waals surface area contributed by atoms with Gasteiger partial charge < -0.3 is 34.3 Å². The Balaban J connectivity index is 1.09. The lowest BCUT2D eigenvalue weighted by atomic mass is 10.1. The van der Waals surface area contributed by atoms with Gasteiger partial charge in [-0.2, -0.15) is 0 Å². The summed E-state index contributed by atoms with van der Waals surface area (Å²) in [6, 6.07) is 15.0. The van der Waals surface area contributed by atoms with Gasteiger partial charge in [0, 0.05) is 36.3 Å². The molecule has 5 aromatic rings. The molecule has 53 heavy (non-hydrogen) atoms. The topological polar surface area (TPSA) is 217 Å². The number of hydrogen-bond acceptors (Lipinski definition) is 14. The first-order valence-corrected chi connectivity index (χ1v) is 17.1. The molecule has 2 aromatic carbocycles. The molecule has 4 amide bonds. The fourth-order valence-electron chi connectivity index (χ4n) is 6.43. The summed E-state index contributed by atoms with van der Waals surface area (Å²) in [7, 11) is 0. The Morgan fingerprint density at radius 3 is 1.57 bits per heavy atom. The van der Waals surface area contributed by atoms with Gasteiger partial charge in [-0.15, -0.1) is 0 Å². The van der Waals surface area contributed by atoms with Crippen molar-refractivity contribution in [3.8, 4) is 22.8 Å². The molecule has 16 heteroatoms. The molecule has 0 bridgehead atoms. The number of oxazole rings is 1. The lowest BCUT2D eigenvalue weighted by Gasteiger charge is -2.24. The summed E-state index contributed by atoms with van der Waals surface area (Å²) in [6.07, 6.45) is 0.134. The van der Waals surface area contributed by atoms with Crippen LogP contribution in [0.15, 0.2) is 80.3 Å². The predicted octanol–water partition coefficient (Wildman–Crippen LogP) is 2.25. The van der Waals surface area contributed by atoms with Crippen molar-refractivity contribution in [1.82, 2.24) is 25.9 Å². The highest BCUT2D eigenvalue weighted by atomic mass is 16.5. The smallest absolute Gasteiger partial charge is 0.250 e. The Kier molecular flexibility index (Phi) is 10.1. The number of amides is 4.